The first kappa shape index (κ1) is 15.8. The second kappa shape index (κ2) is 6.58. The molecule has 122 valence electrons. The number of pyridine rings is 1. The molecule has 0 N–H and O–H groups in total. The van der Waals surface area contributed by atoms with Crippen molar-refractivity contribution in [3.05, 3.63) is 40.2 Å². The molecule has 0 aromatic carbocycles. The topological polar surface area (TPSA) is 45.7 Å². The van der Waals surface area contributed by atoms with Crippen molar-refractivity contribution in [1.29, 1.82) is 0 Å². The third-order valence-electron chi connectivity index (χ3n) is 3.99. The lowest BCUT2D eigenvalue weighted by atomic mass is 10.2. The average Bonchev–Trinajstić information content (AvgIpc) is 3.16. The van der Waals surface area contributed by atoms with Crippen LogP contribution < -0.4 is 9.64 Å². The van der Waals surface area contributed by atoms with Crippen LogP contribution in [0.1, 0.15) is 22.3 Å². The van der Waals surface area contributed by atoms with Crippen LogP contribution in [0.25, 0.3) is 0 Å². The van der Waals surface area contributed by atoms with Crippen molar-refractivity contribution in [2.24, 2.45) is 0 Å². The van der Waals surface area contributed by atoms with E-state index in [4.69, 9.17) is 4.74 Å². The summed E-state index contributed by atoms with van der Waals surface area (Å²) < 4.78 is 6.10. The van der Waals surface area contributed by atoms with Crippen LogP contribution >= 0.6 is 11.3 Å². The molecule has 0 aliphatic carbocycles. The summed E-state index contributed by atoms with van der Waals surface area (Å²) in [5.41, 5.74) is 1.86. The van der Waals surface area contributed by atoms with Crippen LogP contribution in [0.5, 0.6) is 5.75 Å². The zero-order valence-corrected chi connectivity index (χ0v) is 14.5. The molecule has 1 fully saturated rings. The summed E-state index contributed by atoms with van der Waals surface area (Å²) in [6, 6.07) is 3.80. The molecule has 2 aromatic rings. The normalized spacial score (nSPS) is 17.3. The number of rotatable bonds is 4. The number of hydrogen-bond donors (Lipinski definition) is 0. The molecule has 0 radical (unpaired) electrons. The summed E-state index contributed by atoms with van der Waals surface area (Å²) in [5, 5.41) is 3.94. The smallest absolute Gasteiger partial charge is 0.255 e. The van der Waals surface area contributed by atoms with Crippen molar-refractivity contribution >= 4 is 23.1 Å². The van der Waals surface area contributed by atoms with E-state index in [0.717, 1.165) is 35.7 Å². The van der Waals surface area contributed by atoms with Gasteiger partial charge in [-0.1, -0.05) is 0 Å². The lowest BCUT2D eigenvalue weighted by Crippen LogP contribution is -2.31. The van der Waals surface area contributed by atoms with Crippen molar-refractivity contribution in [3.63, 3.8) is 0 Å². The summed E-state index contributed by atoms with van der Waals surface area (Å²) in [4.78, 5) is 20.7. The van der Waals surface area contributed by atoms with Gasteiger partial charge in [-0.3, -0.25) is 4.79 Å². The second-order valence-corrected chi connectivity index (χ2v) is 6.71. The van der Waals surface area contributed by atoms with Gasteiger partial charge in [-0.15, -0.1) is 0 Å². The van der Waals surface area contributed by atoms with Gasteiger partial charge in [0, 0.05) is 38.6 Å². The zero-order valence-electron chi connectivity index (χ0n) is 13.7. The van der Waals surface area contributed by atoms with Crippen molar-refractivity contribution in [3.8, 4) is 5.75 Å². The molecular formula is C17H21N3O2S. The Hall–Kier alpha value is -2.08. The van der Waals surface area contributed by atoms with Crippen LogP contribution in [-0.4, -0.2) is 49.1 Å². The number of ether oxygens (including phenoxy) is 1. The van der Waals surface area contributed by atoms with Crippen molar-refractivity contribution in [2.75, 3.05) is 32.1 Å². The molecule has 1 aliphatic heterocycles. The van der Waals surface area contributed by atoms with Gasteiger partial charge in [0.05, 0.1) is 12.1 Å². The van der Waals surface area contributed by atoms with Gasteiger partial charge in [-0.2, -0.15) is 11.3 Å². The molecule has 3 rings (SSSR count). The lowest BCUT2D eigenvalue weighted by Gasteiger charge is -2.20. The van der Waals surface area contributed by atoms with Gasteiger partial charge in [0.2, 0.25) is 0 Å². The zero-order chi connectivity index (χ0) is 16.4. The molecule has 1 aliphatic rings. The number of likely N-dealkylation sites (tertiary alicyclic amines) is 1. The highest BCUT2D eigenvalue weighted by Crippen LogP contribution is 2.27. The Balaban J connectivity index is 1.67. The Morgan fingerprint density at radius 2 is 2.26 bits per heavy atom. The number of hydrogen-bond acceptors (Lipinski definition) is 5. The lowest BCUT2D eigenvalue weighted by molar-refractivity contribution is 0.0772. The Morgan fingerprint density at radius 3 is 2.96 bits per heavy atom. The van der Waals surface area contributed by atoms with Crippen LogP contribution in [0.15, 0.2) is 29.1 Å². The van der Waals surface area contributed by atoms with E-state index >= 15 is 0 Å². The fourth-order valence-electron chi connectivity index (χ4n) is 2.75. The number of carbonyl (C=O) groups excluding carboxylic acids is 1. The van der Waals surface area contributed by atoms with E-state index in [1.807, 2.05) is 53.7 Å². The van der Waals surface area contributed by atoms with Crippen molar-refractivity contribution < 1.29 is 9.53 Å². The molecule has 0 spiro atoms. The number of thiophene rings is 1. The molecule has 6 heteroatoms. The third kappa shape index (κ3) is 3.32. The first-order valence-corrected chi connectivity index (χ1v) is 8.61. The van der Waals surface area contributed by atoms with Gasteiger partial charge < -0.3 is 14.5 Å². The fourth-order valence-corrected chi connectivity index (χ4v) is 3.57. The van der Waals surface area contributed by atoms with E-state index in [0.29, 0.717) is 6.54 Å². The van der Waals surface area contributed by atoms with E-state index in [2.05, 4.69) is 4.98 Å². The molecular weight excluding hydrogens is 310 g/mol. The molecule has 3 heterocycles. The Labute approximate surface area is 140 Å². The van der Waals surface area contributed by atoms with Crippen molar-refractivity contribution in [2.45, 2.75) is 19.4 Å². The van der Waals surface area contributed by atoms with E-state index in [-0.39, 0.29) is 12.0 Å². The number of carbonyl (C=O) groups is 1. The van der Waals surface area contributed by atoms with Crippen LogP contribution in [0.3, 0.4) is 0 Å². The average molecular weight is 331 g/mol. The molecule has 0 bridgehead atoms. The number of amides is 1. The maximum atomic E-state index is 12.6. The highest BCUT2D eigenvalue weighted by Gasteiger charge is 2.29. The number of anilines is 1. The summed E-state index contributed by atoms with van der Waals surface area (Å²) in [5.74, 6) is 1.68. The highest BCUT2D eigenvalue weighted by atomic mass is 32.1. The Kier molecular flexibility index (Phi) is 4.52. The first-order chi connectivity index (χ1) is 11.1. The van der Waals surface area contributed by atoms with Crippen LogP contribution in [0.2, 0.25) is 0 Å². The monoisotopic (exact) mass is 331 g/mol. The predicted molar refractivity (Wildman–Crippen MR) is 92.6 cm³/mol. The maximum Gasteiger partial charge on any atom is 0.255 e. The molecule has 1 amide bonds. The molecule has 1 atom stereocenters. The number of aryl methyl sites for hydroxylation is 1. The fraction of sp³-hybridized carbons (Fsp3) is 0.412. The minimum Gasteiger partial charge on any atom is -0.485 e. The standard InChI is InChI=1S/C17H21N3O2S/c1-12-10-23-11-14(12)17(21)20-8-6-13(9-20)22-15-5-4-7-18-16(15)19(2)3/h4-5,7,10-11,13H,6,8-9H2,1-3H3/t13-/m0/s1. The minimum atomic E-state index is 0.0146. The van der Waals surface area contributed by atoms with E-state index < -0.39 is 0 Å². The SMILES string of the molecule is Cc1cscc1C(=O)N1CC[C@H](Oc2cccnc2N(C)C)C1. The summed E-state index contributed by atoms with van der Waals surface area (Å²) in [6.45, 7) is 3.33. The quantitative estimate of drug-likeness (QED) is 0.864. The van der Waals surface area contributed by atoms with Crippen LogP contribution in [-0.2, 0) is 0 Å². The van der Waals surface area contributed by atoms with Crippen molar-refractivity contribution in [1.82, 2.24) is 9.88 Å². The van der Waals surface area contributed by atoms with Crippen LogP contribution in [0, 0.1) is 6.92 Å². The summed E-state index contributed by atoms with van der Waals surface area (Å²) in [6.07, 6.45) is 2.61. The molecule has 0 unspecified atom stereocenters. The van der Waals surface area contributed by atoms with Gasteiger partial charge >= 0.3 is 0 Å². The largest absolute Gasteiger partial charge is 0.485 e. The molecule has 1 saturated heterocycles. The predicted octanol–water partition coefficient (Wildman–Crippen LogP) is 2.81. The Bertz CT molecular complexity index is 699. The molecule has 5 nitrogen and oxygen atoms in total. The number of aromatic nitrogens is 1. The molecule has 0 saturated carbocycles. The minimum absolute atomic E-state index is 0.0146. The van der Waals surface area contributed by atoms with Gasteiger partial charge in [-0.05, 0) is 30.0 Å². The van der Waals surface area contributed by atoms with Gasteiger partial charge in [0.25, 0.3) is 5.91 Å². The second-order valence-electron chi connectivity index (χ2n) is 5.97. The Morgan fingerprint density at radius 1 is 1.43 bits per heavy atom. The summed E-state index contributed by atoms with van der Waals surface area (Å²) >= 11 is 1.57. The van der Waals surface area contributed by atoms with Crippen LogP contribution in [0.4, 0.5) is 5.82 Å². The molecule has 23 heavy (non-hydrogen) atoms. The first-order valence-electron chi connectivity index (χ1n) is 7.67. The van der Waals surface area contributed by atoms with Gasteiger partial charge in [0.1, 0.15) is 6.10 Å². The van der Waals surface area contributed by atoms with E-state index in [1.165, 1.54) is 0 Å². The maximum absolute atomic E-state index is 12.6. The van der Waals surface area contributed by atoms with E-state index in [9.17, 15) is 4.79 Å². The summed E-state index contributed by atoms with van der Waals surface area (Å²) in [7, 11) is 3.89. The highest BCUT2D eigenvalue weighted by molar-refractivity contribution is 7.08. The third-order valence-corrected chi connectivity index (χ3v) is 4.85. The number of nitrogens with zero attached hydrogens (tertiary/aromatic N) is 3. The van der Waals surface area contributed by atoms with Gasteiger partial charge in [0.15, 0.2) is 11.6 Å². The molecule has 2 aromatic heterocycles. The van der Waals surface area contributed by atoms with E-state index in [1.54, 1.807) is 17.5 Å². The van der Waals surface area contributed by atoms with Gasteiger partial charge in [-0.25, -0.2) is 4.98 Å².